The molecule has 0 fully saturated rings. The molecule has 8 nitrogen and oxygen atoms in total. The molecule has 0 amide bonds. The van der Waals surface area contributed by atoms with Crippen molar-refractivity contribution in [3.8, 4) is 12.1 Å². The number of hydrogen-bond acceptors (Lipinski definition) is 6. The second kappa shape index (κ2) is 8.59. The number of rotatable bonds is 8. The van der Waals surface area contributed by atoms with Crippen molar-refractivity contribution in [1.82, 2.24) is 0 Å². The molecule has 0 aliphatic rings. The van der Waals surface area contributed by atoms with Gasteiger partial charge in [-0.1, -0.05) is 0 Å². The van der Waals surface area contributed by atoms with Crippen molar-refractivity contribution in [2.45, 2.75) is 38.8 Å². The summed E-state index contributed by atoms with van der Waals surface area (Å²) in [5.74, 6) is -3.60. The number of carboxylic acids is 2. The zero-order valence-corrected chi connectivity index (χ0v) is 11.2. The summed E-state index contributed by atoms with van der Waals surface area (Å²) >= 11 is 0. The van der Waals surface area contributed by atoms with E-state index in [0.717, 1.165) is 0 Å². The monoisotopic (exact) mass is 280 g/mol. The first-order valence-electron chi connectivity index (χ1n) is 5.96. The molecule has 2 N–H and O–H groups in total. The highest BCUT2D eigenvalue weighted by molar-refractivity contribution is 5.74. The van der Waals surface area contributed by atoms with Gasteiger partial charge in [-0.2, -0.15) is 20.8 Å². The molecule has 0 radical (unpaired) electrons. The SMILES string of the molecule is CC(C#N)CC(N=NC(CC(C)C#N)C(=O)O)C(=O)O. The van der Waals surface area contributed by atoms with Gasteiger partial charge < -0.3 is 10.2 Å². The van der Waals surface area contributed by atoms with E-state index in [0.29, 0.717) is 0 Å². The van der Waals surface area contributed by atoms with E-state index in [4.69, 9.17) is 20.7 Å². The average molecular weight is 280 g/mol. The van der Waals surface area contributed by atoms with Crippen molar-refractivity contribution in [2.75, 3.05) is 0 Å². The van der Waals surface area contributed by atoms with E-state index < -0.39 is 35.9 Å². The minimum atomic E-state index is -1.27. The Hall–Kier alpha value is -2.48. The molecule has 0 bridgehead atoms. The molecule has 0 aromatic heterocycles. The summed E-state index contributed by atoms with van der Waals surface area (Å²) in [7, 11) is 0. The standard InChI is InChI=1S/C12H16N4O4/c1-7(5-13)3-9(11(17)18)15-16-10(12(19)20)4-8(2)6-14/h7-10H,3-4H2,1-2H3,(H,17,18)(H,19,20). The Morgan fingerprint density at radius 2 is 1.25 bits per heavy atom. The van der Waals surface area contributed by atoms with Crippen LogP contribution in [0.3, 0.4) is 0 Å². The van der Waals surface area contributed by atoms with Gasteiger partial charge in [0.25, 0.3) is 0 Å². The molecule has 4 unspecified atom stereocenters. The van der Waals surface area contributed by atoms with E-state index in [9.17, 15) is 9.59 Å². The first-order valence-corrected chi connectivity index (χ1v) is 5.96. The summed E-state index contributed by atoms with van der Waals surface area (Å²) in [6.07, 6.45) is -0.0923. The van der Waals surface area contributed by atoms with Gasteiger partial charge in [-0.3, -0.25) is 0 Å². The summed E-state index contributed by atoms with van der Waals surface area (Å²) in [6, 6.07) is 1.23. The van der Waals surface area contributed by atoms with E-state index in [-0.39, 0.29) is 12.8 Å². The van der Waals surface area contributed by atoms with Crippen LogP contribution in [0.5, 0.6) is 0 Å². The van der Waals surface area contributed by atoms with Crippen molar-refractivity contribution in [3.05, 3.63) is 0 Å². The van der Waals surface area contributed by atoms with Crippen LogP contribution in [-0.2, 0) is 9.59 Å². The second-order valence-corrected chi connectivity index (χ2v) is 4.47. The van der Waals surface area contributed by atoms with Crippen LogP contribution in [0.15, 0.2) is 10.2 Å². The number of nitriles is 2. The van der Waals surface area contributed by atoms with Crippen molar-refractivity contribution in [2.24, 2.45) is 22.1 Å². The van der Waals surface area contributed by atoms with Crippen molar-refractivity contribution >= 4 is 11.9 Å². The summed E-state index contributed by atoms with van der Waals surface area (Å²) in [5.41, 5.74) is 0. The predicted molar refractivity (Wildman–Crippen MR) is 66.5 cm³/mol. The summed E-state index contributed by atoms with van der Waals surface area (Å²) in [5, 5.41) is 42.2. The largest absolute Gasteiger partial charge is 0.480 e. The highest BCUT2D eigenvalue weighted by Crippen LogP contribution is 2.13. The molecule has 4 atom stereocenters. The van der Waals surface area contributed by atoms with Gasteiger partial charge in [-0.15, -0.1) is 0 Å². The third-order valence-corrected chi connectivity index (χ3v) is 2.51. The molecular formula is C12H16N4O4. The highest BCUT2D eigenvalue weighted by atomic mass is 16.4. The lowest BCUT2D eigenvalue weighted by molar-refractivity contribution is -0.140. The Labute approximate surface area is 116 Å². The first kappa shape index (κ1) is 17.5. The molecule has 0 rings (SSSR count). The Bertz CT molecular complexity index is 421. The molecule has 8 heteroatoms. The van der Waals surface area contributed by atoms with Crippen molar-refractivity contribution in [1.29, 1.82) is 10.5 Å². The molecule has 0 saturated carbocycles. The Morgan fingerprint density at radius 1 is 0.950 bits per heavy atom. The molecule has 0 saturated heterocycles. The van der Waals surface area contributed by atoms with Gasteiger partial charge >= 0.3 is 11.9 Å². The lowest BCUT2D eigenvalue weighted by atomic mass is 10.0. The number of azo groups is 1. The van der Waals surface area contributed by atoms with Crippen LogP contribution in [0.25, 0.3) is 0 Å². The van der Waals surface area contributed by atoms with Crippen LogP contribution < -0.4 is 0 Å². The van der Waals surface area contributed by atoms with Crippen LogP contribution in [-0.4, -0.2) is 34.2 Å². The van der Waals surface area contributed by atoms with Gasteiger partial charge in [-0.05, 0) is 26.7 Å². The first-order chi connectivity index (χ1) is 9.31. The number of nitrogens with zero attached hydrogens (tertiary/aromatic N) is 4. The topological polar surface area (TPSA) is 147 Å². The minimum Gasteiger partial charge on any atom is -0.480 e. The van der Waals surface area contributed by atoms with E-state index in [1.165, 1.54) is 13.8 Å². The lowest BCUT2D eigenvalue weighted by Gasteiger charge is -2.10. The summed E-state index contributed by atoms with van der Waals surface area (Å²) in [4.78, 5) is 21.9. The maximum atomic E-state index is 10.9. The fourth-order valence-corrected chi connectivity index (χ4v) is 1.33. The van der Waals surface area contributed by atoms with E-state index in [1.54, 1.807) is 0 Å². The fourth-order valence-electron chi connectivity index (χ4n) is 1.33. The Morgan fingerprint density at radius 3 is 1.45 bits per heavy atom. The Balaban J connectivity index is 4.88. The quantitative estimate of drug-likeness (QED) is 0.643. The van der Waals surface area contributed by atoms with Gasteiger partial charge in [0.2, 0.25) is 0 Å². The smallest absolute Gasteiger partial charge is 0.330 e. The highest BCUT2D eigenvalue weighted by Gasteiger charge is 2.23. The van der Waals surface area contributed by atoms with Gasteiger partial charge in [0, 0.05) is 11.8 Å². The van der Waals surface area contributed by atoms with Crippen LogP contribution in [0.2, 0.25) is 0 Å². The third-order valence-electron chi connectivity index (χ3n) is 2.51. The summed E-state index contributed by atoms with van der Waals surface area (Å²) < 4.78 is 0. The molecule has 0 aliphatic carbocycles. The molecule has 108 valence electrons. The van der Waals surface area contributed by atoms with Gasteiger partial charge in [0.15, 0.2) is 12.1 Å². The van der Waals surface area contributed by atoms with E-state index in [1.807, 2.05) is 12.1 Å². The van der Waals surface area contributed by atoms with E-state index >= 15 is 0 Å². The molecule has 0 aliphatic heterocycles. The molecular weight excluding hydrogens is 264 g/mol. The lowest BCUT2D eigenvalue weighted by Crippen LogP contribution is -2.23. The average Bonchev–Trinajstić information content (AvgIpc) is 2.40. The van der Waals surface area contributed by atoms with Crippen LogP contribution >= 0.6 is 0 Å². The van der Waals surface area contributed by atoms with Gasteiger partial charge in [-0.25, -0.2) is 9.59 Å². The predicted octanol–water partition coefficient (Wildman–Crippen LogP) is 1.44. The van der Waals surface area contributed by atoms with Gasteiger partial charge in [0.1, 0.15) is 0 Å². The maximum absolute atomic E-state index is 10.9. The van der Waals surface area contributed by atoms with Crippen LogP contribution in [0.4, 0.5) is 0 Å². The summed E-state index contributed by atoms with van der Waals surface area (Å²) in [6.45, 7) is 3.08. The normalized spacial score (nSPS) is 16.6. The molecule has 0 spiro atoms. The fraction of sp³-hybridized carbons (Fsp3) is 0.667. The van der Waals surface area contributed by atoms with Crippen molar-refractivity contribution < 1.29 is 19.8 Å². The molecule has 0 aromatic rings. The minimum absolute atomic E-state index is 0.0462. The second-order valence-electron chi connectivity index (χ2n) is 4.47. The molecule has 0 aromatic carbocycles. The number of carboxylic acid groups (broad SMARTS) is 2. The van der Waals surface area contributed by atoms with Crippen LogP contribution in [0.1, 0.15) is 26.7 Å². The maximum Gasteiger partial charge on any atom is 0.330 e. The zero-order chi connectivity index (χ0) is 15.7. The van der Waals surface area contributed by atoms with Crippen LogP contribution in [0, 0.1) is 34.5 Å². The molecule has 0 heterocycles. The van der Waals surface area contributed by atoms with Crippen molar-refractivity contribution in [3.63, 3.8) is 0 Å². The number of hydrogen-bond donors (Lipinski definition) is 2. The van der Waals surface area contributed by atoms with Gasteiger partial charge in [0.05, 0.1) is 12.1 Å². The molecule has 20 heavy (non-hydrogen) atoms. The number of aliphatic carboxylic acids is 2. The number of carbonyl (C=O) groups is 2. The zero-order valence-electron chi connectivity index (χ0n) is 11.2. The Kier molecular flexibility index (Phi) is 7.53. The van der Waals surface area contributed by atoms with E-state index in [2.05, 4.69) is 10.2 Å². The third kappa shape index (κ3) is 6.45.